The summed E-state index contributed by atoms with van der Waals surface area (Å²) in [6, 6.07) is 0. The van der Waals surface area contributed by atoms with E-state index in [0.29, 0.717) is 6.42 Å². The van der Waals surface area contributed by atoms with Crippen molar-refractivity contribution in [3.05, 3.63) is 0 Å². The van der Waals surface area contributed by atoms with E-state index in [1.807, 2.05) is 20.8 Å². The lowest BCUT2D eigenvalue weighted by Gasteiger charge is -2.49. The third kappa shape index (κ3) is 1.41. The Morgan fingerprint density at radius 1 is 1.35 bits per heavy atom. The van der Waals surface area contributed by atoms with Crippen molar-refractivity contribution in [1.82, 2.24) is 4.90 Å². The quantitative estimate of drug-likeness (QED) is 0.734. The van der Waals surface area contributed by atoms with E-state index in [-0.39, 0.29) is 12.0 Å². The van der Waals surface area contributed by atoms with Gasteiger partial charge in [0.25, 0.3) is 0 Å². The molecule has 0 radical (unpaired) electrons. The van der Waals surface area contributed by atoms with Crippen molar-refractivity contribution in [3.63, 3.8) is 0 Å². The second-order valence-electron chi connectivity index (χ2n) is 7.46. The Labute approximate surface area is 118 Å². The fraction of sp³-hybridized carbons (Fsp3) is 0.857. The Balaban J connectivity index is 2.14. The summed E-state index contributed by atoms with van der Waals surface area (Å²) in [7, 11) is 0. The van der Waals surface area contributed by atoms with E-state index in [0.717, 1.165) is 4.90 Å². The van der Waals surface area contributed by atoms with Crippen LogP contribution in [-0.2, 0) is 14.3 Å². The molecule has 1 saturated carbocycles. The third-order valence-electron chi connectivity index (χ3n) is 4.95. The zero-order valence-corrected chi connectivity index (χ0v) is 12.5. The number of hydrogen-bond acceptors (Lipinski definition) is 4. The lowest BCUT2D eigenvalue weighted by molar-refractivity contribution is -0.171. The molecule has 4 atom stereocenters. The molecule has 0 aromatic carbocycles. The van der Waals surface area contributed by atoms with Crippen molar-refractivity contribution in [3.8, 4) is 0 Å². The van der Waals surface area contributed by atoms with Crippen molar-refractivity contribution in [2.24, 2.45) is 11.3 Å². The van der Waals surface area contributed by atoms with Crippen LogP contribution >= 0.6 is 0 Å². The number of carbonyl (C=O) groups excluding carboxylic acids is 1. The van der Waals surface area contributed by atoms with Gasteiger partial charge in [-0.05, 0) is 25.7 Å². The topological polar surface area (TPSA) is 76.1 Å². The smallest absolute Gasteiger partial charge is 0.414 e. The molecule has 2 amide bonds. The number of carbonyl (C=O) groups is 2. The molecule has 0 aromatic rings. The SMILES string of the molecule is CC1(C)O[C@@H]2[C@@H]3C[C@@](C(C)(C)C)([C@@H]2O1)N(C(=O)O)C3=O. The summed E-state index contributed by atoms with van der Waals surface area (Å²) in [5, 5.41) is 9.49. The molecule has 2 bridgehead atoms. The Morgan fingerprint density at radius 3 is 2.45 bits per heavy atom. The van der Waals surface area contributed by atoms with E-state index < -0.39 is 34.9 Å². The van der Waals surface area contributed by atoms with Crippen LogP contribution in [0, 0.1) is 11.3 Å². The highest BCUT2D eigenvalue weighted by Crippen LogP contribution is 2.61. The zero-order valence-electron chi connectivity index (χ0n) is 12.5. The minimum absolute atomic E-state index is 0.340. The van der Waals surface area contributed by atoms with Gasteiger partial charge < -0.3 is 14.6 Å². The van der Waals surface area contributed by atoms with E-state index in [9.17, 15) is 14.7 Å². The molecule has 2 heterocycles. The number of ether oxygens (including phenoxy) is 2. The molecule has 2 aliphatic heterocycles. The molecule has 3 rings (SSSR count). The maximum atomic E-state index is 12.4. The second-order valence-corrected chi connectivity index (χ2v) is 7.46. The van der Waals surface area contributed by atoms with Gasteiger partial charge >= 0.3 is 6.09 Å². The lowest BCUT2D eigenvalue weighted by atomic mass is 9.70. The first-order valence-corrected chi connectivity index (χ1v) is 6.94. The molecule has 3 fully saturated rings. The van der Waals surface area contributed by atoms with Gasteiger partial charge in [-0.15, -0.1) is 0 Å². The van der Waals surface area contributed by atoms with Gasteiger partial charge in [0.2, 0.25) is 5.91 Å². The van der Waals surface area contributed by atoms with Crippen LogP contribution in [0.2, 0.25) is 0 Å². The van der Waals surface area contributed by atoms with E-state index >= 15 is 0 Å². The first-order valence-electron chi connectivity index (χ1n) is 6.94. The fourth-order valence-electron chi connectivity index (χ4n) is 4.16. The molecule has 2 saturated heterocycles. The third-order valence-corrected chi connectivity index (χ3v) is 4.95. The number of likely N-dealkylation sites (tertiary alicyclic amines) is 1. The average molecular weight is 283 g/mol. The van der Waals surface area contributed by atoms with Crippen molar-refractivity contribution < 1.29 is 24.2 Å². The van der Waals surface area contributed by atoms with Gasteiger partial charge in [0.1, 0.15) is 12.2 Å². The molecule has 0 spiro atoms. The Hall–Kier alpha value is -1.14. The van der Waals surface area contributed by atoms with E-state index in [4.69, 9.17) is 9.47 Å². The Bertz CT molecular complexity index is 494. The van der Waals surface area contributed by atoms with E-state index in [1.54, 1.807) is 13.8 Å². The van der Waals surface area contributed by atoms with Crippen LogP contribution in [0.15, 0.2) is 0 Å². The van der Waals surface area contributed by atoms with Crippen molar-refractivity contribution in [1.29, 1.82) is 0 Å². The van der Waals surface area contributed by atoms with Gasteiger partial charge in [-0.1, -0.05) is 20.8 Å². The highest BCUT2D eigenvalue weighted by atomic mass is 16.8. The summed E-state index contributed by atoms with van der Waals surface area (Å²) in [5.74, 6) is -1.55. The highest BCUT2D eigenvalue weighted by molar-refractivity contribution is 5.97. The average Bonchev–Trinajstić information content (AvgIpc) is 2.80. The second kappa shape index (κ2) is 3.54. The van der Waals surface area contributed by atoms with Crippen molar-refractivity contribution >= 4 is 12.0 Å². The summed E-state index contributed by atoms with van der Waals surface area (Å²) in [5.41, 5.74) is -1.27. The summed E-state index contributed by atoms with van der Waals surface area (Å²) in [6.07, 6.45) is -1.45. The summed E-state index contributed by atoms with van der Waals surface area (Å²) in [4.78, 5) is 25.0. The number of piperidine rings is 1. The van der Waals surface area contributed by atoms with Gasteiger partial charge in [-0.2, -0.15) is 0 Å². The molecule has 0 aromatic heterocycles. The summed E-state index contributed by atoms with van der Waals surface area (Å²) >= 11 is 0. The molecule has 112 valence electrons. The van der Waals surface area contributed by atoms with Gasteiger partial charge in [0.15, 0.2) is 5.79 Å². The molecular weight excluding hydrogens is 262 g/mol. The standard InChI is InChI=1S/C14H21NO5/c1-12(2,3)14-6-7(10(16)15(14)11(17)18)8-9(14)20-13(4,5)19-8/h7-9H,6H2,1-5H3,(H,17,18)/t7-,8+,9+,14-/m0/s1. The van der Waals surface area contributed by atoms with Crippen LogP contribution in [0.1, 0.15) is 41.0 Å². The number of hydrogen-bond donors (Lipinski definition) is 1. The molecule has 0 unspecified atom stereocenters. The zero-order chi connectivity index (χ0) is 15.1. The largest absolute Gasteiger partial charge is 0.465 e. The monoisotopic (exact) mass is 283 g/mol. The number of amides is 2. The summed E-state index contributed by atoms with van der Waals surface area (Å²) in [6.45, 7) is 9.47. The molecule has 6 heteroatoms. The van der Waals surface area contributed by atoms with Crippen LogP contribution in [-0.4, -0.2) is 45.5 Å². The molecule has 20 heavy (non-hydrogen) atoms. The van der Waals surface area contributed by atoms with Gasteiger partial charge in [-0.25, -0.2) is 9.69 Å². The minimum Gasteiger partial charge on any atom is -0.465 e. The fourth-order valence-corrected chi connectivity index (χ4v) is 4.16. The van der Waals surface area contributed by atoms with Gasteiger partial charge in [0.05, 0.1) is 11.5 Å². The first kappa shape index (κ1) is 13.8. The normalized spacial score (nSPS) is 42.1. The van der Waals surface area contributed by atoms with Crippen LogP contribution in [0.5, 0.6) is 0 Å². The van der Waals surface area contributed by atoms with E-state index in [1.165, 1.54) is 0 Å². The molecule has 1 N–H and O–H groups in total. The van der Waals surface area contributed by atoms with Crippen LogP contribution < -0.4 is 0 Å². The number of fused-ring (bicyclic) bond motifs is 5. The Morgan fingerprint density at radius 2 is 1.95 bits per heavy atom. The number of nitrogens with zero attached hydrogens (tertiary/aromatic N) is 1. The molecule has 3 aliphatic rings. The number of imide groups is 1. The van der Waals surface area contributed by atoms with Crippen LogP contribution in [0.25, 0.3) is 0 Å². The van der Waals surface area contributed by atoms with Crippen LogP contribution in [0.3, 0.4) is 0 Å². The lowest BCUT2D eigenvalue weighted by Crippen LogP contribution is -2.66. The predicted octanol–water partition coefficient (Wildman–Crippen LogP) is 1.83. The number of rotatable bonds is 0. The highest BCUT2D eigenvalue weighted by Gasteiger charge is 2.76. The summed E-state index contributed by atoms with van der Waals surface area (Å²) < 4.78 is 11.8. The number of carboxylic acid groups (broad SMARTS) is 1. The van der Waals surface area contributed by atoms with Gasteiger partial charge in [-0.3, -0.25) is 4.79 Å². The minimum atomic E-state index is -1.20. The first-order chi connectivity index (χ1) is 9.01. The van der Waals surface area contributed by atoms with Crippen molar-refractivity contribution in [2.45, 2.75) is 64.6 Å². The predicted molar refractivity (Wildman–Crippen MR) is 69.0 cm³/mol. The van der Waals surface area contributed by atoms with E-state index in [2.05, 4.69) is 0 Å². The maximum absolute atomic E-state index is 12.4. The maximum Gasteiger partial charge on any atom is 0.414 e. The van der Waals surface area contributed by atoms with Crippen LogP contribution in [0.4, 0.5) is 4.79 Å². The van der Waals surface area contributed by atoms with Crippen molar-refractivity contribution in [2.75, 3.05) is 0 Å². The molecular formula is C14H21NO5. The molecule has 6 nitrogen and oxygen atoms in total. The Kier molecular flexibility index (Phi) is 2.45. The van der Waals surface area contributed by atoms with Gasteiger partial charge in [0, 0.05) is 0 Å². The molecule has 1 aliphatic carbocycles.